The maximum absolute atomic E-state index is 12.7. The van der Waals surface area contributed by atoms with Crippen LogP contribution in [0.1, 0.15) is 41.6 Å². The lowest BCUT2D eigenvalue weighted by atomic mass is 10.0. The third-order valence-corrected chi connectivity index (χ3v) is 4.68. The van der Waals surface area contributed by atoms with E-state index in [2.05, 4.69) is 41.1 Å². The van der Waals surface area contributed by atoms with Gasteiger partial charge in [0, 0.05) is 24.8 Å². The Hall–Kier alpha value is -3.45. The highest BCUT2D eigenvalue weighted by molar-refractivity contribution is 5.97. The molecule has 0 aliphatic rings. The predicted molar refractivity (Wildman–Crippen MR) is 114 cm³/mol. The quantitative estimate of drug-likeness (QED) is 0.351. The van der Waals surface area contributed by atoms with E-state index in [0.717, 1.165) is 17.5 Å². The normalized spacial score (nSPS) is 10.8. The van der Waals surface area contributed by atoms with Crippen molar-refractivity contribution in [1.82, 2.24) is 15.3 Å². The summed E-state index contributed by atoms with van der Waals surface area (Å²) in [5.74, 6) is 0.670. The van der Waals surface area contributed by atoms with Gasteiger partial charge in [-0.1, -0.05) is 31.2 Å². The molecule has 1 aromatic carbocycles. The minimum Gasteiger partial charge on any atom is -0.445 e. The van der Waals surface area contributed by atoms with Gasteiger partial charge in [0.1, 0.15) is 19.0 Å². The third-order valence-electron chi connectivity index (χ3n) is 4.68. The van der Waals surface area contributed by atoms with E-state index in [0.29, 0.717) is 23.9 Å². The summed E-state index contributed by atoms with van der Waals surface area (Å²) in [5, 5.41) is 2.98. The molecule has 1 N–H and O–H groups in total. The molecule has 0 unspecified atom stereocenters. The lowest BCUT2D eigenvalue weighted by molar-refractivity contribution is -0.358. The molecule has 154 valence electrons. The Balaban J connectivity index is 1.81. The first-order chi connectivity index (χ1) is 14.4. The van der Waals surface area contributed by atoms with Crippen LogP contribution in [-0.2, 0) is 17.8 Å². The second-order valence-electron chi connectivity index (χ2n) is 6.99. The molecule has 2 aromatic heterocycles. The monoisotopic (exact) mass is 405 g/mol. The number of rotatable bonds is 8. The largest absolute Gasteiger partial charge is 0.445 e. The molecular weight excluding hydrogens is 380 g/mol. The molecule has 0 saturated heterocycles. The van der Waals surface area contributed by atoms with Gasteiger partial charge in [-0.15, -0.1) is 4.58 Å². The molecule has 0 spiro atoms. The van der Waals surface area contributed by atoms with Crippen molar-refractivity contribution < 1.29 is 18.6 Å². The Bertz CT molecular complexity index is 1100. The van der Waals surface area contributed by atoms with E-state index in [1.54, 1.807) is 25.4 Å². The second-order valence-corrected chi connectivity index (χ2v) is 6.99. The summed E-state index contributed by atoms with van der Waals surface area (Å²) in [6, 6.07) is 9.86. The Labute approximate surface area is 175 Å². The van der Waals surface area contributed by atoms with E-state index >= 15 is 0 Å². The van der Waals surface area contributed by atoms with Gasteiger partial charge in [0.2, 0.25) is 11.6 Å². The van der Waals surface area contributed by atoms with Gasteiger partial charge in [-0.3, -0.25) is 10.1 Å². The van der Waals surface area contributed by atoms with Crippen LogP contribution in [0, 0.1) is 6.92 Å². The number of nitrogens with one attached hydrogen (secondary N) is 1. The number of aryl methyl sites for hydroxylation is 2. The van der Waals surface area contributed by atoms with Crippen molar-refractivity contribution in [3.8, 4) is 11.1 Å². The van der Waals surface area contributed by atoms with E-state index in [9.17, 15) is 9.59 Å². The molecule has 3 rings (SSSR count). The fourth-order valence-corrected chi connectivity index (χ4v) is 3.05. The summed E-state index contributed by atoms with van der Waals surface area (Å²) < 4.78 is 6.59. The molecule has 0 aliphatic heterocycles. The molecule has 3 aromatic rings. The van der Waals surface area contributed by atoms with Crippen LogP contribution in [-0.4, -0.2) is 39.5 Å². The highest BCUT2D eigenvalue weighted by atomic mass is 16.4. The minimum absolute atomic E-state index is 0.0117. The Morgan fingerprint density at radius 3 is 2.63 bits per heavy atom. The average molecular weight is 405 g/mol. The number of carbonyl (C=O) groups is 2. The van der Waals surface area contributed by atoms with Crippen LogP contribution in [0.15, 0.2) is 47.1 Å². The van der Waals surface area contributed by atoms with Gasteiger partial charge in [0.05, 0.1) is 12.7 Å². The summed E-state index contributed by atoms with van der Waals surface area (Å²) in [6.45, 7) is 9.50. The molecule has 7 nitrogen and oxygen atoms in total. The van der Waals surface area contributed by atoms with Crippen molar-refractivity contribution in [1.29, 1.82) is 0 Å². The van der Waals surface area contributed by atoms with Crippen molar-refractivity contribution in [2.45, 2.75) is 33.7 Å². The molecule has 1 amide bonds. The molecule has 0 aliphatic carbocycles. The zero-order valence-electron chi connectivity index (χ0n) is 17.4. The fourth-order valence-electron chi connectivity index (χ4n) is 3.05. The number of ketones is 1. The van der Waals surface area contributed by atoms with Crippen LogP contribution in [0.4, 0.5) is 5.69 Å². The molecule has 2 heterocycles. The SMILES string of the molecule is C=[N+](C(=O)CNCc1ncc(C)o1)c1cc(-c2cccc(CC)c2)cnc1C(C)=O. The molecule has 0 atom stereocenters. The highest BCUT2D eigenvalue weighted by Gasteiger charge is 2.25. The van der Waals surface area contributed by atoms with E-state index < -0.39 is 0 Å². The average Bonchev–Trinajstić information content (AvgIpc) is 3.17. The fraction of sp³-hybridized carbons (Fsp3) is 0.261. The number of pyridine rings is 1. The summed E-state index contributed by atoms with van der Waals surface area (Å²) in [4.78, 5) is 33.2. The van der Waals surface area contributed by atoms with Gasteiger partial charge < -0.3 is 4.42 Å². The van der Waals surface area contributed by atoms with Crippen LogP contribution >= 0.6 is 0 Å². The first kappa shape index (κ1) is 21.3. The number of aromatic nitrogens is 2. The Morgan fingerprint density at radius 2 is 1.97 bits per heavy atom. The second kappa shape index (κ2) is 9.37. The molecule has 0 bridgehead atoms. The number of carbonyl (C=O) groups excluding carboxylic acids is 2. The van der Waals surface area contributed by atoms with Gasteiger partial charge in [-0.05, 0) is 24.5 Å². The van der Waals surface area contributed by atoms with Crippen LogP contribution in [0.3, 0.4) is 0 Å². The van der Waals surface area contributed by atoms with Crippen molar-refractivity contribution in [2.75, 3.05) is 6.54 Å². The first-order valence-electron chi connectivity index (χ1n) is 9.74. The third kappa shape index (κ3) is 4.93. The van der Waals surface area contributed by atoms with Gasteiger partial charge in [-0.2, -0.15) is 0 Å². The zero-order chi connectivity index (χ0) is 21.7. The van der Waals surface area contributed by atoms with Crippen LogP contribution in [0.25, 0.3) is 11.1 Å². The zero-order valence-corrected chi connectivity index (χ0v) is 17.4. The van der Waals surface area contributed by atoms with E-state index in [1.165, 1.54) is 17.1 Å². The van der Waals surface area contributed by atoms with Gasteiger partial charge in [0.25, 0.3) is 0 Å². The lowest BCUT2D eigenvalue weighted by Crippen LogP contribution is -2.29. The topological polar surface area (TPSA) is 88.1 Å². The number of hydrogen-bond donors (Lipinski definition) is 1. The smallest absolute Gasteiger partial charge is 0.406 e. The van der Waals surface area contributed by atoms with E-state index in [4.69, 9.17) is 4.42 Å². The number of benzene rings is 1. The standard InChI is InChI=1S/C23H25N4O3/c1-5-17-7-6-8-18(9-17)19-10-20(23(16(3)28)26-12-19)27(4)22(29)14-24-13-21-25-11-15(2)30-21/h6-12,24H,4-5,13-14H2,1-3H3/q+1. The molecule has 0 fully saturated rings. The van der Waals surface area contributed by atoms with Gasteiger partial charge in [0.15, 0.2) is 11.5 Å². The van der Waals surface area contributed by atoms with Gasteiger partial charge in [-0.25, -0.2) is 14.8 Å². The first-order valence-corrected chi connectivity index (χ1v) is 9.74. The number of hydrogen-bond acceptors (Lipinski definition) is 6. The number of oxazole rings is 1. The number of Topliss-reactive ketones (excluding diaryl/α,β-unsaturated/α-hetero) is 1. The van der Waals surface area contributed by atoms with Crippen LogP contribution in [0.2, 0.25) is 0 Å². The van der Waals surface area contributed by atoms with E-state index in [1.807, 2.05) is 12.1 Å². The van der Waals surface area contributed by atoms with Crippen molar-refractivity contribution in [3.63, 3.8) is 0 Å². The predicted octanol–water partition coefficient (Wildman–Crippen LogP) is 3.47. The van der Waals surface area contributed by atoms with Crippen LogP contribution < -0.4 is 5.32 Å². The summed E-state index contributed by atoms with van der Waals surface area (Å²) >= 11 is 0. The molecule has 0 saturated carbocycles. The molecule has 0 radical (unpaired) electrons. The summed E-state index contributed by atoms with van der Waals surface area (Å²) in [6.07, 6.45) is 4.18. The van der Waals surface area contributed by atoms with Crippen molar-refractivity contribution in [2.24, 2.45) is 0 Å². The number of amides is 1. The molecular formula is C23H25N4O3+. The van der Waals surface area contributed by atoms with Crippen molar-refractivity contribution in [3.05, 3.63) is 65.6 Å². The summed E-state index contributed by atoms with van der Waals surface area (Å²) in [5.41, 5.74) is 3.56. The molecule has 7 heteroatoms. The highest BCUT2D eigenvalue weighted by Crippen LogP contribution is 2.27. The summed E-state index contributed by atoms with van der Waals surface area (Å²) in [7, 11) is 0. The maximum atomic E-state index is 12.7. The Kier molecular flexibility index (Phi) is 6.64. The maximum Gasteiger partial charge on any atom is 0.406 e. The van der Waals surface area contributed by atoms with Crippen LogP contribution in [0.5, 0.6) is 0 Å². The number of nitrogens with zero attached hydrogens (tertiary/aromatic N) is 3. The minimum atomic E-state index is -0.304. The van der Waals surface area contributed by atoms with Crippen molar-refractivity contribution >= 4 is 24.1 Å². The van der Waals surface area contributed by atoms with E-state index in [-0.39, 0.29) is 23.9 Å². The molecule has 30 heavy (non-hydrogen) atoms. The Morgan fingerprint density at radius 1 is 1.17 bits per heavy atom. The van der Waals surface area contributed by atoms with Gasteiger partial charge >= 0.3 is 5.91 Å². The lowest BCUT2D eigenvalue weighted by Gasteiger charge is -2.08.